The van der Waals surface area contributed by atoms with Gasteiger partial charge in [0.25, 0.3) is 0 Å². The summed E-state index contributed by atoms with van der Waals surface area (Å²) < 4.78 is 27.8. The van der Waals surface area contributed by atoms with Crippen LogP contribution >= 0.6 is 0 Å². The molecule has 0 radical (unpaired) electrons. The van der Waals surface area contributed by atoms with Gasteiger partial charge in [-0.15, -0.1) is 0 Å². The number of amides is 1. The third-order valence-corrected chi connectivity index (χ3v) is 7.07. The van der Waals surface area contributed by atoms with E-state index in [9.17, 15) is 13.2 Å². The molecule has 0 saturated carbocycles. The molecule has 1 amide bonds. The molecule has 6 nitrogen and oxygen atoms in total. The first-order valence-electron chi connectivity index (χ1n) is 8.22. The van der Waals surface area contributed by atoms with E-state index in [2.05, 4.69) is 4.90 Å². The molecule has 1 aromatic carbocycles. The van der Waals surface area contributed by atoms with Gasteiger partial charge < -0.3 is 10.6 Å². The molecule has 2 N–H and O–H groups in total. The second-order valence-electron chi connectivity index (χ2n) is 6.55. The topological polar surface area (TPSA) is 83.7 Å². The lowest BCUT2D eigenvalue weighted by Crippen LogP contribution is -2.49. The Morgan fingerprint density at radius 1 is 1.04 bits per heavy atom. The fraction of sp³-hybridized carbons (Fsp3) is 0.588. The number of hydrogen-bond donors (Lipinski definition) is 1. The molecule has 0 aliphatic carbocycles. The van der Waals surface area contributed by atoms with E-state index in [0.29, 0.717) is 44.0 Å². The summed E-state index contributed by atoms with van der Waals surface area (Å²) in [5.41, 5.74) is 8.82. The van der Waals surface area contributed by atoms with Crippen molar-refractivity contribution in [3.05, 3.63) is 28.3 Å². The van der Waals surface area contributed by atoms with E-state index in [1.165, 1.54) is 0 Å². The van der Waals surface area contributed by atoms with E-state index in [1.807, 2.05) is 33.8 Å². The maximum absolute atomic E-state index is 13.1. The van der Waals surface area contributed by atoms with Crippen molar-refractivity contribution in [1.29, 1.82) is 0 Å². The maximum Gasteiger partial charge on any atom is 0.243 e. The number of nitrogens with two attached hydrogens (primary N) is 1. The Morgan fingerprint density at radius 2 is 1.54 bits per heavy atom. The number of primary amides is 1. The number of sulfonamides is 1. The third kappa shape index (κ3) is 3.79. The monoisotopic (exact) mass is 353 g/mol. The van der Waals surface area contributed by atoms with E-state index >= 15 is 0 Å². The average molecular weight is 353 g/mol. The van der Waals surface area contributed by atoms with Crippen molar-refractivity contribution in [2.75, 3.05) is 32.7 Å². The van der Waals surface area contributed by atoms with E-state index in [4.69, 9.17) is 5.73 Å². The Morgan fingerprint density at radius 3 is 2.00 bits per heavy atom. The van der Waals surface area contributed by atoms with Crippen LogP contribution in [0, 0.1) is 27.7 Å². The number of rotatable bonds is 5. The number of benzene rings is 1. The molecule has 1 aliphatic heterocycles. The Balaban J connectivity index is 2.20. The van der Waals surface area contributed by atoms with Gasteiger partial charge in [0.2, 0.25) is 15.9 Å². The predicted octanol–water partition coefficient (Wildman–Crippen LogP) is 1.10. The van der Waals surface area contributed by atoms with Crippen LogP contribution in [-0.4, -0.2) is 56.3 Å². The van der Waals surface area contributed by atoms with Gasteiger partial charge in [0, 0.05) is 39.1 Å². The van der Waals surface area contributed by atoms with Crippen LogP contribution < -0.4 is 5.73 Å². The summed E-state index contributed by atoms with van der Waals surface area (Å²) >= 11 is 0. The smallest absolute Gasteiger partial charge is 0.243 e. The molecule has 7 heteroatoms. The van der Waals surface area contributed by atoms with Crippen LogP contribution in [0.4, 0.5) is 0 Å². The van der Waals surface area contributed by atoms with Crippen LogP contribution in [0.3, 0.4) is 0 Å². The lowest BCUT2D eigenvalue weighted by Gasteiger charge is -2.34. The molecule has 0 aromatic heterocycles. The van der Waals surface area contributed by atoms with Crippen LogP contribution in [0.5, 0.6) is 0 Å². The van der Waals surface area contributed by atoms with Gasteiger partial charge in [0.1, 0.15) is 0 Å². The number of piperazine rings is 1. The van der Waals surface area contributed by atoms with Crippen molar-refractivity contribution < 1.29 is 13.2 Å². The molecule has 24 heavy (non-hydrogen) atoms. The number of carbonyl (C=O) groups excluding carboxylic acids is 1. The van der Waals surface area contributed by atoms with Crippen LogP contribution in [0.15, 0.2) is 11.0 Å². The van der Waals surface area contributed by atoms with Crippen molar-refractivity contribution in [3.8, 4) is 0 Å². The predicted molar refractivity (Wildman–Crippen MR) is 94.4 cm³/mol. The molecule has 0 spiro atoms. The average Bonchev–Trinajstić information content (AvgIpc) is 2.51. The SMILES string of the molecule is Cc1cc(C)c(C)c(S(=O)(=O)N2CCN(CCC(N)=O)CC2)c1C. The third-order valence-electron chi connectivity index (χ3n) is 4.90. The summed E-state index contributed by atoms with van der Waals surface area (Å²) in [5, 5.41) is 0. The fourth-order valence-corrected chi connectivity index (χ4v) is 5.16. The molecule has 1 aromatic rings. The Hall–Kier alpha value is -1.44. The second kappa shape index (κ2) is 7.21. The molecule has 0 unspecified atom stereocenters. The molecule has 1 fully saturated rings. The van der Waals surface area contributed by atoms with Crippen molar-refractivity contribution in [1.82, 2.24) is 9.21 Å². The van der Waals surface area contributed by atoms with Gasteiger partial charge in [-0.2, -0.15) is 4.31 Å². The van der Waals surface area contributed by atoms with Gasteiger partial charge in [-0.3, -0.25) is 4.79 Å². The van der Waals surface area contributed by atoms with Crippen LogP contribution in [0.1, 0.15) is 28.7 Å². The van der Waals surface area contributed by atoms with Gasteiger partial charge in [-0.1, -0.05) is 6.07 Å². The zero-order chi connectivity index (χ0) is 18.1. The second-order valence-corrected chi connectivity index (χ2v) is 8.43. The molecule has 0 bridgehead atoms. The standard InChI is InChI=1S/C17H27N3O3S/c1-12-11-13(2)15(4)17(14(12)3)24(22,23)20-9-7-19(8-10-20)6-5-16(18)21/h11H,5-10H2,1-4H3,(H2,18,21). The molecule has 0 atom stereocenters. The van der Waals surface area contributed by atoms with Crippen molar-refractivity contribution in [2.24, 2.45) is 5.73 Å². The zero-order valence-corrected chi connectivity index (χ0v) is 15.7. The van der Waals surface area contributed by atoms with Crippen molar-refractivity contribution >= 4 is 15.9 Å². The Labute approximate surface area is 144 Å². The first-order valence-corrected chi connectivity index (χ1v) is 9.66. The molecular weight excluding hydrogens is 326 g/mol. The molecule has 2 rings (SSSR count). The Bertz CT molecular complexity index is 710. The van der Waals surface area contributed by atoms with Crippen LogP contribution in [-0.2, 0) is 14.8 Å². The summed E-state index contributed by atoms with van der Waals surface area (Å²) in [6, 6.07) is 2.03. The number of nitrogens with zero attached hydrogens (tertiary/aromatic N) is 2. The lowest BCUT2D eigenvalue weighted by atomic mass is 10.0. The quantitative estimate of drug-likeness (QED) is 0.859. The minimum Gasteiger partial charge on any atom is -0.370 e. The Kier molecular flexibility index (Phi) is 5.67. The normalized spacial score (nSPS) is 17.2. The van der Waals surface area contributed by atoms with E-state index in [-0.39, 0.29) is 5.91 Å². The largest absolute Gasteiger partial charge is 0.370 e. The van der Waals surface area contributed by atoms with Gasteiger partial charge in [0.05, 0.1) is 4.90 Å². The van der Waals surface area contributed by atoms with Gasteiger partial charge in [-0.25, -0.2) is 8.42 Å². The highest BCUT2D eigenvalue weighted by Gasteiger charge is 2.31. The number of hydrogen-bond acceptors (Lipinski definition) is 4. The van der Waals surface area contributed by atoms with E-state index in [0.717, 1.165) is 22.3 Å². The minimum absolute atomic E-state index is 0.308. The highest BCUT2D eigenvalue weighted by Crippen LogP contribution is 2.29. The number of aryl methyl sites for hydroxylation is 2. The molecule has 1 saturated heterocycles. The molecule has 134 valence electrons. The summed E-state index contributed by atoms with van der Waals surface area (Å²) in [6.07, 6.45) is 0.308. The van der Waals surface area contributed by atoms with E-state index < -0.39 is 10.0 Å². The highest BCUT2D eigenvalue weighted by molar-refractivity contribution is 7.89. The summed E-state index contributed by atoms with van der Waals surface area (Å²) in [5.74, 6) is -0.327. The molecule has 1 heterocycles. The summed E-state index contributed by atoms with van der Waals surface area (Å²) in [7, 11) is -3.51. The van der Waals surface area contributed by atoms with E-state index in [1.54, 1.807) is 4.31 Å². The zero-order valence-electron chi connectivity index (χ0n) is 14.9. The van der Waals surface area contributed by atoms with Gasteiger partial charge >= 0.3 is 0 Å². The summed E-state index contributed by atoms with van der Waals surface area (Å²) in [6.45, 7) is 10.3. The molecule has 1 aliphatic rings. The summed E-state index contributed by atoms with van der Waals surface area (Å²) in [4.78, 5) is 13.4. The minimum atomic E-state index is -3.51. The first kappa shape index (κ1) is 18.9. The fourth-order valence-electron chi connectivity index (χ4n) is 3.16. The molecular formula is C17H27N3O3S. The van der Waals surface area contributed by atoms with Gasteiger partial charge in [0.15, 0.2) is 0 Å². The first-order chi connectivity index (χ1) is 11.1. The van der Waals surface area contributed by atoms with Crippen LogP contribution in [0.2, 0.25) is 0 Å². The maximum atomic E-state index is 13.1. The van der Waals surface area contributed by atoms with Crippen LogP contribution in [0.25, 0.3) is 0 Å². The highest BCUT2D eigenvalue weighted by atomic mass is 32.2. The lowest BCUT2D eigenvalue weighted by molar-refractivity contribution is -0.118. The van der Waals surface area contributed by atoms with Crippen molar-refractivity contribution in [3.63, 3.8) is 0 Å². The number of carbonyl (C=O) groups is 1. The van der Waals surface area contributed by atoms with Crippen molar-refractivity contribution in [2.45, 2.75) is 39.0 Å². The van der Waals surface area contributed by atoms with Gasteiger partial charge in [-0.05, 0) is 49.9 Å².